The Labute approximate surface area is 111 Å². The molecule has 0 fully saturated rings. The van der Waals surface area contributed by atoms with Crippen LogP contribution in [-0.4, -0.2) is 9.97 Å². The predicted molar refractivity (Wildman–Crippen MR) is 74.9 cm³/mol. The minimum atomic E-state index is -0.285. The van der Waals surface area contributed by atoms with E-state index in [1.54, 1.807) is 6.07 Å². The molecular weight excluding hydrogens is 243 g/mol. The number of hydrogen-bond donors (Lipinski definition) is 2. The van der Waals surface area contributed by atoms with Crippen LogP contribution in [0.4, 0.5) is 21.7 Å². The van der Waals surface area contributed by atoms with E-state index < -0.39 is 0 Å². The van der Waals surface area contributed by atoms with Crippen molar-refractivity contribution < 1.29 is 4.39 Å². The first-order valence-corrected chi connectivity index (χ1v) is 6.24. The van der Waals surface area contributed by atoms with Crippen molar-refractivity contribution in [3.8, 4) is 0 Å². The van der Waals surface area contributed by atoms with Crippen LogP contribution in [0.2, 0.25) is 0 Å². The molecule has 0 aliphatic rings. The molecule has 3 N–H and O–H groups in total. The first kappa shape index (κ1) is 13.3. The fraction of sp³-hybridized carbons (Fsp3) is 0.286. The molecule has 0 unspecified atom stereocenters. The molecule has 1 aromatic carbocycles. The zero-order valence-corrected chi connectivity index (χ0v) is 11.1. The molecule has 0 bridgehead atoms. The van der Waals surface area contributed by atoms with Crippen molar-refractivity contribution in [1.29, 1.82) is 0 Å². The number of aryl methyl sites for hydroxylation is 1. The van der Waals surface area contributed by atoms with E-state index in [4.69, 9.17) is 5.73 Å². The average molecular weight is 260 g/mol. The van der Waals surface area contributed by atoms with Crippen LogP contribution >= 0.6 is 0 Å². The molecule has 0 saturated carbocycles. The lowest BCUT2D eigenvalue weighted by Gasteiger charge is -2.13. The Kier molecular flexibility index (Phi) is 3.94. The zero-order chi connectivity index (χ0) is 13.8. The lowest BCUT2D eigenvalue weighted by Crippen LogP contribution is -2.06. The quantitative estimate of drug-likeness (QED) is 0.886. The van der Waals surface area contributed by atoms with Crippen LogP contribution in [0, 0.1) is 12.7 Å². The largest absolute Gasteiger partial charge is 0.383 e. The molecule has 2 rings (SSSR count). The van der Waals surface area contributed by atoms with Gasteiger partial charge in [0.1, 0.15) is 23.8 Å². The molecule has 0 aliphatic heterocycles. The highest BCUT2D eigenvalue weighted by Crippen LogP contribution is 2.25. The van der Waals surface area contributed by atoms with Crippen molar-refractivity contribution in [3.63, 3.8) is 0 Å². The summed E-state index contributed by atoms with van der Waals surface area (Å²) in [4.78, 5) is 8.19. The highest BCUT2D eigenvalue weighted by atomic mass is 19.1. The van der Waals surface area contributed by atoms with Gasteiger partial charge in [-0.3, -0.25) is 0 Å². The molecule has 0 radical (unpaired) electrons. The van der Waals surface area contributed by atoms with Gasteiger partial charge in [0, 0.05) is 11.3 Å². The number of nitrogens with one attached hydrogen (secondary N) is 1. The third kappa shape index (κ3) is 2.99. The molecule has 100 valence electrons. The number of hydrogen-bond acceptors (Lipinski definition) is 4. The number of benzene rings is 1. The van der Waals surface area contributed by atoms with Gasteiger partial charge in [0.15, 0.2) is 0 Å². The summed E-state index contributed by atoms with van der Waals surface area (Å²) in [5.74, 6) is 0.823. The van der Waals surface area contributed by atoms with Crippen LogP contribution < -0.4 is 11.1 Å². The van der Waals surface area contributed by atoms with Crippen LogP contribution in [0.3, 0.4) is 0 Å². The number of nitrogen functional groups attached to an aromatic ring is 1. The molecule has 0 atom stereocenters. The first-order chi connectivity index (χ1) is 9.11. The van der Waals surface area contributed by atoms with E-state index >= 15 is 0 Å². The minimum absolute atomic E-state index is 0.285. The highest BCUT2D eigenvalue weighted by Gasteiger charge is 2.10. The van der Waals surface area contributed by atoms with Crippen LogP contribution in [0.1, 0.15) is 24.5 Å². The Bertz CT molecular complexity index is 584. The van der Waals surface area contributed by atoms with Crippen molar-refractivity contribution in [3.05, 3.63) is 41.5 Å². The second kappa shape index (κ2) is 5.65. The van der Waals surface area contributed by atoms with E-state index in [0.29, 0.717) is 17.3 Å². The topological polar surface area (TPSA) is 63.8 Å². The van der Waals surface area contributed by atoms with Gasteiger partial charge in [0.05, 0.1) is 0 Å². The Morgan fingerprint density at radius 2 is 2.11 bits per heavy atom. The molecular formula is C14H17FN4. The van der Waals surface area contributed by atoms with Crippen LogP contribution in [0.15, 0.2) is 24.5 Å². The van der Waals surface area contributed by atoms with Crippen molar-refractivity contribution >= 4 is 17.3 Å². The maximum atomic E-state index is 13.3. The number of nitrogens with zero attached hydrogens (tertiary/aromatic N) is 2. The molecule has 4 nitrogen and oxygen atoms in total. The summed E-state index contributed by atoms with van der Waals surface area (Å²) in [6, 6.07) is 4.60. The van der Waals surface area contributed by atoms with Crippen molar-refractivity contribution in [2.24, 2.45) is 0 Å². The van der Waals surface area contributed by atoms with Gasteiger partial charge in [-0.25, -0.2) is 14.4 Å². The van der Waals surface area contributed by atoms with Gasteiger partial charge in [0.25, 0.3) is 0 Å². The lowest BCUT2D eigenvalue weighted by atomic mass is 10.1. The number of nitrogens with two attached hydrogens (primary N) is 1. The number of anilines is 3. The van der Waals surface area contributed by atoms with E-state index in [1.807, 2.05) is 6.92 Å². The first-order valence-electron chi connectivity index (χ1n) is 6.24. The number of halogens is 1. The summed E-state index contributed by atoms with van der Waals surface area (Å²) in [5.41, 5.74) is 8.37. The highest BCUT2D eigenvalue weighted by molar-refractivity contribution is 5.66. The van der Waals surface area contributed by atoms with E-state index in [0.717, 1.165) is 24.0 Å². The molecule has 19 heavy (non-hydrogen) atoms. The maximum absolute atomic E-state index is 13.3. The van der Waals surface area contributed by atoms with Gasteiger partial charge < -0.3 is 11.1 Å². The van der Waals surface area contributed by atoms with Gasteiger partial charge in [-0.1, -0.05) is 19.4 Å². The fourth-order valence-electron chi connectivity index (χ4n) is 1.89. The predicted octanol–water partition coefficient (Wildman–Crippen LogP) is 3.20. The van der Waals surface area contributed by atoms with E-state index in [1.165, 1.54) is 18.5 Å². The summed E-state index contributed by atoms with van der Waals surface area (Å²) in [6.45, 7) is 3.97. The Morgan fingerprint density at radius 1 is 1.32 bits per heavy atom. The Morgan fingerprint density at radius 3 is 2.84 bits per heavy atom. The monoisotopic (exact) mass is 260 g/mol. The van der Waals surface area contributed by atoms with Crippen LogP contribution in [0.5, 0.6) is 0 Å². The van der Waals surface area contributed by atoms with Crippen molar-refractivity contribution in [2.75, 3.05) is 11.1 Å². The van der Waals surface area contributed by atoms with E-state index in [2.05, 4.69) is 22.2 Å². The summed E-state index contributed by atoms with van der Waals surface area (Å²) in [6.07, 6.45) is 3.13. The molecule has 0 amide bonds. The standard InChI is InChI=1S/C14H17FN4/c1-3-4-11-13(16)17-8-18-14(11)19-12-7-10(15)6-5-9(12)2/h5-8H,3-4H2,1-2H3,(H3,16,17,18,19). The van der Waals surface area contributed by atoms with Crippen molar-refractivity contribution in [2.45, 2.75) is 26.7 Å². The second-order valence-corrected chi connectivity index (χ2v) is 4.42. The smallest absolute Gasteiger partial charge is 0.139 e. The summed E-state index contributed by atoms with van der Waals surface area (Å²) in [5, 5.41) is 3.14. The number of rotatable bonds is 4. The molecule has 0 aliphatic carbocycles. The average Bonchev–Trinajstić information content (AvgIpc) is 2.38. The zero-order valence-electron chi connectivity index (χ0n) is 11.1. The molecule has 0 spiro atoms. The second-order valence-electron chi connectivity index (χ2n) is 4.42. The van der Waals surface area contributed by atoms with Gasteiger partial charge >= 0.3 is 0 Å². The third-order valence-corrected chi connectivity index (χ3v) is 2.93. The summed E-state index contributed by atoms with van der Waals surface area (Å²) in [7, 11) is 0. The van der Waals surface area contributed by atoms with Crippen molar-refractivity contribution in [1.82, 2.24) is 9.97 Å². The SMILES string of the molecule is CCCc1c(N)ncnc1Nc1cc(F)ccc1C. The summed E-state index contributed by atoms with van der Waals surface area (Å²) >= 11 is 0. The van der Waals surface area contributed by atoms with Crippen LogP contribution in [-0.2, 0) is 6.42 Å². The minimum Gasteiger partial charge on any atom is -0.383 e. The van der Waals surface area contributed by atoms with Crippen LogP contribution in [0.25, 0.3) is 0 Å². The Balaban J connectivity index is 2.37. The Hall–Kier alpha value is -2.17. The molecule has 1 heterocycles. The molecule has 1 aromatic heterocycles. The van der Waals surface area contributed by atoms with Gasteiger partial charge in [-0.2, -0.15) is 0 Å². The third-order valence-electron chi connectivity index (χ3n) is 2.93. The number of aromatic nitrogens is 2. The lowest BCUT2D eigenvalue weighted by molar-refractivity contribution is 0.628. The van der Waals surface area contributed by atoms with Gasteiger partial charge in [-0.15, -0.1) is 0 Å². The molecule has 0 saturated heterocycles. The molecule has 2 aromatic rings. The maximum Gasteiger partial charge on any atom is 0.139 e. The fourth-order valence-corrected chi connectivity index (χ4v) is 1.89. The van der Waals surface area contributed by atoms with E-state index in [-0.39, 0.29) is 5.82 Å². The summed E-state index contributed by atoms with van der Waals surface area (Å²) < 4.78 is 13.3. The van der Waals surface area contributed by atoms with E-state index in [9.17, 15) is 4.39 Å². The normalized spacial score (nSPS) is 10.5. The van der Waals surface area contributed by atoms with Gasteiger partial charge in [-0.05, 0) is 31.0 Å². The molecule has 5 heteroatoms. The van der Waals surface area contributed by atoms with Gasteiger partial charge in [0.2, 0.25) is 0 Å².